The van der Waals surface area contributed by atoms with E-state index in [9.17, 15) is 0 Å². The Morgan fingerprint density at radius 1 is 0.897 bits per heavy atom. The van der Waals surface area contributed by atoms with Crippen LogP contribution >= 0.6 is 11.8 Å². The van der Waals surface area contributed by atoms with E-state index in [-0.39, 0.29) is 6.79 Å². The molecule has 0 unspecified atom stereocenters. The summed E-state index contributed by atoms with van der Waals surface area (Å²) in [5.41, 5.74) is 4.04. The minimum absolute atomic E-state index is 0.261. The highest BCUT2D eigenvalue weighted by atomic mass is 32.2. The maximum atomic E-state index is 5.43. The molecule has 0 atom stereocenters. The number of anilines is 1. The molecule has 6 heteroatoms. The molecule has 0 bridgehead atoms. The van der Waals surface area contributed by atoms with Crippen molar-refractivity contribution in [3.63, 3.8) is 0 Å². The second-order valence-corrected chi connectivity index (χ2v) is 7.22. The number of benzene rings is 3. The number of thioether (sulfide) groups is 1. The number of hydrazone groups is 1. The molecule has 142 valence electrons. The van der Waals surface area contributed by atoms with E-state index in [0.29, 0.717) is 5.17 Å². The lowest BCUT2D eigenvalue weighted by Gasteiger charge is -2.25. The van der Waals surface area contributed by atoms with E-state index in [2.05, 4.69) is 22.5 Å². The van der Waals surface area contributed by atoms with Crippen LogP contribution in [0.5, 0.6) is 11.5 Å². The first-order chi connectivity index (χ1) is 14.4. The summed E-state index contributed by atoms with van der Waals surface area (Å²) in [4.78, 5) is 4.59. The fourth-order valence-electron chi connectivity index (χ4n) is 3.07. The number of aliphatic imine (C=N–C) groups is 1. The third kappa shape index (κ3) is 3.75. The van der Waals surface area contributed by atoms with E-state index >= 15 is 0 Å². The molecule has 0 radical (unpaired) electrons. The Morgan fingerprint density at radius 3 is 2.48 bits per heavy atom. The van der Waals surface area contributed by atoms with Crippen molar-refractivity contribution in [2.75, 3.05) is 11.8 Å². The second kappa shape index (κ2) is 7.85. The van der Waals surface area contributed by atoms with Crippen LogP contribution in [-0.4, -0.2) is 18.2 Å². The van der Waals surface area contributed by atoms with Crippen molar-refractivity contribution in [1.82, 2.24) is 0 Å². The van der Waals surface area contributed by atoms with Crippen molar-refractivity contribution in [2.45, 2.75) is 0 Å². The lowest BCUT2D eigenvalue weighted by Crippen LogP contribution is -2.19. The van der Waals surface area contributed by atoms with Gasteiger partial charge in [-0.3, -0.25) is 0 Å². The molecule has 0 aliphatic carbocycles. The first kappa shape index (κ1) is 17.6. The van der Waals surface area contributed by atoms with Gasteiger partial charge >= 0.3 is 0 Å². The van der Waals surface area contributed by atoms with Crippen LogP contribution in [0.3, 0.4) is 0 Å². The van der Waals surface area contributed by atoms with Crippen molar-refractivity contribution in [2.24, 2.45) is 10.1 Å². The summed E-state index contributed by atoms with van der Waals surface area (Å²) in [6, 6.07) is 26.1. The molecule has 2 heterocycles. The molecule has 29 heavy (non-hydrogen) atoms. The average Bonchev–Trinajstić information content (AvgIpc) is 3.27. The largest absolute Gasteiger partial charge is 0.454 e. The molecule has 0 saturated heterocycles. The van der Waals surface area contributed by atoms with Gasteiger partial charge in [0.2, 0.25) is 12.0 Å². The third-order valence-electron chi connectivity index (χ3n) is 4.48. The number of nitrogens with zero attached hydrogens (tertiary/aromatic N) is 3. The Kier molecular flexibility index (Phi) is 4.76. The topological polar surface area (TPSA) is 46.4 Å². The summed E-state index contributed by atoms with van der Waals surface area (Å²) >= 11 is 1.50. The monoisotopic (exact) mass is 399 g/mol. The maximum absolute atomic E-state index is 5.43. The molecule has 0 saturated carbocycles. The van der Waals surface area contributed by atoms with Crippen LogP contribution in [-0.2, 0) is 0 Å². The molecule has 0 N–H and O–H groups in total. The summed E-state index contributed by atoms with van der Waals surface area (Å²) in [5.74, 6) is 1.50. The normalized spacial score (nSPS) is 15.4. The van der Waals surface area contributed by atoms with Crippen molar-refractivity contribution in [3.8, 4) is 11.5 Å². The smallest absolute Gasteiger partial charge is 0.231 e. The van der Waals surface area contributed by atoms with E-state index in [0.717, 1.165) is 34.0 Å². The second-order valence-electron chi connectivity index (χ2n) is 6.39. The summed E-state index contributed by atoms with van der Waals surface area (Å²) in [7, 11) is 0. The Morgan fingerprint density at radius 2 is 1.66 bits per heavy atom. The molecule has 2 aliphatic heterocycles. The van der Waals surface area contributed by atoms with Gasteiger partial charge in [-0.05, 0) is 35.9 Å². The highest BCUT2D eigenvalue weighted by molar-refractivity contribution is 8.16. The first-order valence-electron chi connectivity index (χ1n) is 9.16. The van der Waals surface area contributed by atoms with Gasteiger partial charge in [0.15, 0.2) is 11.5 Å². The van der Waals surface area contributed by atoms with Gasteiger partial charge in [-0.1, -0.05) is 60.3 Å². The van der Waals surface area contributed by atoms with E-state index < -0.39 is 0 Å². The number of amidine groups is 1. The van der Waals surface area contributed by atoms with E-state index in [4.69, 9.17) is 14.6 Å². The van der Waals surface area contributed by atoms with Crippen molar-refractivity contribution in [3.05, 3.63) is 95.4 Å². The third-order valence-corrected chi connectivity index (χ3v) is 5.22. The van der Waals surface area contributed by atoms with Gasteiger partial charge in [-0.2, -0.15) is 0 Å². The van der Waals surface area contributed by atoms with Gasteiger partial charge < -0.3 is 9.47 Å². The summed E-state index contributed by atoms with van der Waals surface area (Å²) < 4.78 is 10.8. The van der Waals surface area contributed by atoms with Gasteiger partial charge in [-0.25, -0.2) is 10.0 Å². The molecular weight excluding hydrogens is 382 g/mol. The molecule has 0 amide bonds. The van der Waals surface area contributed by atoms with Gasteiger partial charge in [0, 0.05) is 17.2 Å². The molecule has 2 aliphatic rings. The standard InChI is InChI=1S/C23H17N3O2S/c1-3-7-18(8-4-1)20-15-29-23(25-26(20)19-9-5-2-6-10-19)24-14-17-11-12-21-22(13-17)28-16-27-21/h1-15H,16H2. The number of para-hydroxylation sites is 1. The fourth-order valence-corrected chi connectivity index (χ4v) is 3.76. The SMILES string of the molecule is C(=NC1=NN(c2ccccc2)C(c2ccccc2)=CS1)c1ccc2c(c1)OCO2. The van der Waals surface area contributed by atoms with Crippen LogP contribution in [0.15, 0.2) is 94.4 Å². The predicted molar refractivity (Wildman–Crippen MR) is 119 cm³/mol. The number of fused-ring (bicyclic) bond motifs is 1. The number of hydrogen-bond acceptors (Lipinski definition) is 6. The number of rotatable bonds is 3. The summed E-state index contributed by atoms with van der Waals surface area (Å²) in [5, 5.41) is 9.46. The van der Waals surface area contributed by atoms with Crippen LogP contribution in [0.1, 0.15) is 11.1 Å². The average molecular weight is 399 g/mol. The zero-order valence-corrected chi connectivity index (χ0v) is 16.3. The summed E-state index contributed by atoms with van der Waals surface area (Å²) in [6.07, 6.45) is 1.79. The van der Waals surface area contributed by atoms with Crippen LogP contribution in [0.25, 0.3) is 5.70 Å². The maximum Gasteiger partial charge on any atom is 0.231 e. The Hall–Kier alpha value is -3.51. The molecule has 0 spiro atoms. The minimum atomic E-state index is 0.261. The highest BCUT2D eigenvalue weighted by Crippen LogP contribution is 2.34. The Labute approximate surface area is 173 Å². The molecule has 5 nitrogen and oxygen atoms in total. The van der Waals surface area contributed by atoms with Crippen LogP contribution in [0.2, 0.25) is 0 Å². The predicted octanol–water partition coefficient (Wildman–Crippen LogP) is 5.36. The molecule has 3 aromatic rings. The van der Waals surface area contributed by atoms with Gasteiger partial charge in [-0.15, -0.1) is 5.10 Å². The zero-order chi connectivity index (χ0) is 19.5. The Bertz CT molecular complexity index is 1110. The van der Waals surface area contributed by atoms with Crippen LogP contribution in [0, 0.1) is 0 Å². The number of hydrogen-bond donors (Lipinski definition) is 0. The van der Waals surface area contributed by atoms with Crippen LogP contribution < -0.4 is 14.5 Å². The minimum Gasteiger partial charge on any atom is -0.454 e. The van der Waals surface area contributed by atoms with Crippen LogP contribution in [0.4, 0.5) is 5.69 Å². The zero-order valence-electron chi connectivity index (χ0n) is 15.4. The van der Waals surface area contributed by atoms with Gasteiger partial charge in [0.05, 0.1) is 11.4 Å². The van der Waals surface area contributed by atoms with Crippen molar-refractivity contribution < 1.29 is 9.47 Å². The molecule has 3 aromatic carbocycles. The first-order valence-corrected chi connectivity index (χ1v) is 10.0. The molecule has 0 aromatic heterocycles. The van der Waals surface area contributed by atoms with Gasteiger partial charge in [0.1, 0.15) is 0 Å². The van der Waals surface area contributed by atoms with Gasteiger partial charge in [0.25, 0.3) is 0 Å². The quantitative estimate of drug-likeness (QED) is 0.557. The highest BCUT2D eigenvalue weighted by Gasteiger charge is 2.19. The molecule has 5 rings (SSSR count). The van der Waals surface area contributed by atoms with E-state index in [1.807, 2.05) is 71.7 Å². The molecular formula is C23H17N3O2S. The van der Waals surface area contributed by atoms with Crippen molar-refractivity contribution >= 4 is 34.5 Å². The van der Waals surface area contributed by atoms with Crippen molar-refractivity contribution in [1.29, 1.82) is 0 Å². The molecule has 0 fully saturated rings. The number of ether oxygens (including phenoxy) is 2. The van der Waals surface area contributed by atoms with E-state index in [1.54, 1.807) is 6.21 Å². The lowest BCUT2D eigenvalue weighted by atomic mass is 10.1. The lowest BCUT2D eigenvalue weighted by molar-refractivity contribution is 0.174. The van der Waals surface area contributed by atoms with E-state index in [1.165, 1.54) is 11.8 Å². The summed E-state index contributed by atoms with van der Waals surface area (Å²) in [6.45, 7) is 0.261. The Balaban J connectivity index is 1.45. The fraction of sp³-hybridized carbons (Fsp3) is 0.0435.